The Bertz CT molecular complexity index is 647. The summed E-state index contributed by atoms with van der Waals surface area (Å²) in [7, 11) is -7.68. The summed E-state index contributed by atoms with van der Waals surface area (Å²) in [5.74, 6) is 0. The average molecular weight is 325 g/mol. The number of rotatable bonds is 5. The van der Waals surface area contributed by atoms with Crippen LogP contribution in [-0.2, 0) is 28.6 Å². The molecule has 0 aromatic heterocycles. The van der Waals surface area contributed by atoms with Crippen LogP contribution in [0, 0.1) is 0 Å². The van der Waals surface area contributed by atoms with Gasteiger partial charge in [-0.25, -0.2) is 0 Å². The van der Waals surface area contributed by atoms with Gasteiger partial charge < -0.3 is 0 Å². The lowest BCUT2D eigenvalue weighted by Gasteiger charge is -2.32. The summed E-state index contributed by atoms with van der Waals surface area (Å²) in [5, 5.41) is 3.42. The maximum absolute atomic E-state index is 11.3. The first kappa shape index (κ1) is 16.9. The zero-order valence-electron chi connectivity index (χ0n) is 11.1. The molecule has 20 heavy (non-hydrogen) atoms. The Labute approximate surface area is 117 Å². The fourth-order valence-electron chi connectivity index (χ4n) is 1.90. The topological polar surface area (TPSA) is 136 Å². The Morgan fingerprint density at radius 2 is 1.80 bits per heavy atom. The quantitative estimate of drug-likeness (QED) is 0.240. The lowest BCUT2D eigenvalue weighted by atomic mass is 9.92. The molecule has 11 heteroatoms. The SMILES string of the molecule is CC1=C[C@H](N=[N+]=[N-])[C@@H](OS(C)(=O)=O)[C@H](OS(C)(=O)=O)C1. The lowest BCUT2D eigenvalue weighted by Crippen LogP contribution is -2.44. The van der Waals surface area contributed by atoms with Crippen molar-refractivity contribution in [2.75, 3.05) is 12.5 Å². The van der Waals surface area contributed by atoms with E-state index in [1.807, 2.05) is 0 Å². The Balaban J connectivity index is 3.18. The molecule has 0 radical (unpaired) electrons. The van der Waals surface area contributed by atoms with Gasteiger partial charge in [-0.3, -0.25) is 8.37 Å². The van der Waals surface area contributed by atoms with Crippen molar-refractivity contribution in [3.8, 4) is 0 Å². The van der Waals surface area contributed by atoms with Crippen molar-refractivity contribution in [2.24, 2.45) is 5.11 Å². The molecule has 0 saturated carbocycles. The number of hydrogen-bond donors (Lipinski definition) is 0. The molecule has 0 heterocycles. The van der Waals surface area contributed by atoms with E-state index in [1.54, 1.807) is 6.92 Å². The van der Waals surface area contributed by atoms with Gasteiger partial charge in [0.15, 0.2) is 0 Å². The van der Waals surface area contributed by atoms with Crippen molar-refractivity contribution in [3.63, 3.8) is 0 Å². The standard InChI is InChI=1S/C9H15N3O6S2/c1-6-4-7(11-12-10)9(18-20(3,15)16)8(5-6)17-19(2,13)14/h4,7-9H,5H2,1-3H3/t7-,8+,9+/m0/s1. The summed E-state index contributed by atoms with van der Waals surface area (Å²) in [4.78, 5) is 2.61. The molecule has 0 amide bonds. The van der Waals surface area contributed by atoms with Gasteiger partial charge in [0.05, 0.1) is 18.6 Å². The van der Waals surface area contributed by atoms with E-state index in [0.717, 1.165) is 12.5 Å². The van der Waals surface area contributed by atoms with E-state index in [1.165, 1.54) is 6.08 Å². The largest absolute Gasteiger partial charge is 0.264 e. The molecule has 0 fully saturated rings. The highest BCUT2D eigenvalue weighted by Crippen LogP contribution is 2.28. The Hall–Kier alpha value is -1.13. The van der Waals surface area contributed by atoms with Crippen LogP contribution in [0.3, 0.4) is 0 Å². The summed E-state index contributed by atoms with van der Waals surface area (Å²) in [5.41, 5.74) is 9.22. The van der Waals surface area contributed by atoms with Gasteiger partial charge in [-0.1, -0.05) is 16.8 Å². The maximum Gasteiger partial charge on any atom is 0.264 e. The first-order chi connectivity index (χ1) is 9.02. The molecule has 0 unspecified atom stereocenters. The van der Waals surface area contributed by atoms with E-state index in [0.29, 0.717) is 5.57 Å². The lowest BCUT2D eigenvalue weighted by molar-refractivity contribution is 0.0501. The van der Waals surface area contributed by atoms with Gasteiger partial charge in [0.1, 0.15) is 12.2 Å². The molecule has 0 N–H and O–H groups in total. The highest BCUT2D eigenvalue weighted by molar-refractivity contribution is 7.86. The number of nitrogens with zero attached hydrogens (tertiary/aromatic N) is 3. The summed E-state index contributed by atoms with van der Waals surface area (Å²) in [6.07, 6.45) is 1.06. The van der Waals surface area contributed by atoms with Crippen LogP contribution in [0.5, 0.6) is 0 Å². The van der Waals surface area contributed by atoms with Crippen molar-refractivity contribution < 1.29 is 25.2 Å². The minimum Gasteiger partial charge on any atom is -0.264 e. The predicted octanol–water partition coefficient (Wildman–Crippen LogP) is 0.705. The zero-order valence-corrected chi connectivity index (χ0v) is 12.8. The fourth-order valence-corrected chi connectivity index (χ4v) is 3.17. The Kier molecular flexibility index (Phi) is 5.16. The third-order valence-corrected chi connectivity index (χ3v) is 3.62. The second kappa shape index (κ2) is 6.10. The number of hydrogen-bond acceptors (Lipinski definition) is 7. The van der Waals surface area contributed by atoms with Crippen molar-refractivity contribution in [1.82, 2.24) is 0 Å². The van der Waals surface area contributed by atoms with Crippen molar-refractivity contribution >= 4 is 20.2 Å². The van der Waals surface area contributed by atoms with Crippen LogP contribution in [0.4, 0.5) is 0 Å². The van der Waals surface area contributed by atoms with Crippen LogP contribution in [0.25, 0.3) is 10.4 Å². The predicted molar refractivity (Wildman–Crippen MR) is 70.7 cm³/mol. The van der Waals surface area contributed by atoms with E-state index < -0.39 is 38.5 Å². The molecule has 1 rings (SSSR count). The minimum absolute atomic E-state index is 0.157. The fraction of sp³-hybridized carbons (Fsp3) is 0.778. The van der Waals surface area contributed by atoms with Crippen molar-refractivity contribution in [3.05, 3.63) is 22.1 Å². The second-order valence-electron chi connectivity index (χ2n) is 4.52. The van der Waals surface area contributed by atoms with Crippen LogP contribution in [-0.4, -0.2) is 47.6 Å². The molecule has 0 aromatic carbocycles. The van der Waals surface area contributed by atoms with Crippen LogP contribution in [0.2, 0.25) is 0 Å². The summed E-state index contributed by atoms with van der Waals surface area (Å²) >= 11 is 0. The molecular weight excluding hydrogens is 310 g/mol. The van der Waals surface area contributed by atoms with Gasteiger partial charge >= 0.3 is 0 Å². The van der Waals surface area contributed by atoms with Gasteiger partial charge in [-0.15, -0.1) is 0 Å². The van der Waals surface area contributed by atoms with Crippen LogP contribution < -0.4 is 0 Å². The normalized spacial score (nSPS) is 27.6. The van der Waals surface area contributed by atoms with Gasteiger partial charge in [-0.2, -0.15) is 16.8 Å². The smallest absolute Gasteiger partial charge is 0.264 e. The monoisotopic (exact) mass is 325 g/mol. The minimum atomic E-state index is -3.87. The van der Waals surface area contributed by atoms with E-state index in [-0.39, 0.29) is 6.42 Å². The molecule has 3 atom stereocenters. The second-order valence-corrected chi connectivity index (χ2v) is 7.72. The molecule has 0 aliphatic heterocycles. The number of azide groups is 1. The molecule has 9 nitrogen and oxygen atoms in total. The first-order valence-electron chi connectivity index (χ1n) is 5.50. The third kappa shape index (κ3) is 5.47. The van der Waals surface area contributed by atoms with Crippen molar-refractivity contribution in [2.45, 2.75) is 31.6 Å². The van der Waals surface area contributed by atoms with Gasteiger partial charge in [0.2, 0.25) is 0 Å². The maximum atomic E-state index is 11.3. The third-order valence-electron chi connectivity index (χ3n) is 2.45. The van der Waals surface area contributed by atoms with Gasteiger partial charge in [0.25, 0.3) is 20.2 Å². The summed E-state index contributed by atoms with van der Waals surface area (Å²) < 4.78 is 54.6. The molecule has 0 spiro atoms. The van der Waals surface area contributed by atoms with Gasteiger partial charge in [0, 0.05) is 4.91 Å². The molecular formula is C9H15N3O6S2. The van der Waals surface area contributed by atoms with E-state index in [4.69, 9.17) is 13.9 Å². The van der Waals surface area contributed by atoms with E-state index >= 15 is 0 Å². The average Bonchev–Trinajstić information content (AvgIpc) is 2.19. The van der Waals surface area contributed by atoms with E-state index in [2.05, 4.69) is 10.0 Å². The Morgan fingerprint density at radius 1 is 1.25 bits per heavy atom. The highest BCUT2D eigenvalue weighted by atomic mass is 32.2. The van der Waals surface area contributed by atoms with E-state index in [9.17, 15) is 16.8 Å². The van der Waals surface area contributed by atoms with Gasteiger partial charge in [-0.05, 0) is 18.9 Å². The van der Waals surface area contributed by atoms with Crippen LogP contribution >= 0.6 is 0 Å². The first-order valence-corrected chi connectivity index (χ1v) is 9.13. The Morgan fingerprint density at radius 3 is 2.25 bits per heavy atom. The highest BCUT2D eigenvalue weighted by Gasteiger charge is 2.38. The molecule has 1 aliphatic rings. The molecule has 1 aliphatic carbocycles. The molecule has 0 saturated heterocycles. The zero-order chi connectivity index (χ0) is 15.6. The molecule has 0 bridgehead atoms. The van der Waals surface area contributed by atoms with Crippen LogP contribution in [0.1, 0.15) is 13.3 Å². The summed E-state index contributed by atoms with van der Waals surface area (Å²) in [6, 6.07) is -0.963. The van der Waals surface area contributed by atoms with Crippen LogP contribution in [0.15, 0.2) is 16.8 Å². The molecule has 114 valence electrons. The van der Waals surface area contributed by atoms with Crippen molar-refractivity contribution in [1.29, 1.82) is 0 Å². The summed E-state index contributed by atoms with van der Waals surface area (Å²) in [6.45, 7) is 1.69. The molecule has 0 aromatic rings.